The maximum Gasteiger partial charge on any atom is 0.270 e. The van der Waals surface area contributed by atoms with Gasteiger partial charge in [-0.1, -0.05) is 54.6 Å². The van der Waals surface area contributed by atoms with Crippen LogP contribution < -0.4 is 0 Å². The van der Waals surface area contributed by atoms with Crippen molar-refractivity contribution >= 4 is 17.2 Å². The summed E-state index contributed by atoms with van der Waals surface area (Å²) in [5.41, 5.74) is -1.23. The number of Topliss-reactive ketones (excluding diaryl/α,β-unsaturated/α-hetero) is 1. The lowest BCUT2D eigenvalue weighted by atomic mass is 9.72. The van der Waals surface area contributed by atoms with E-state index in [-0.39, 0.29) is 42.0 Å². The number of aliphatic hydroxyl groups excluding tert-OH is 1. The van der Waals surface area contributed by atoms with Gasteiger partial charge in [-0.05, 0) is 17.5 Å². The van der Waals surface area contributed by atoms with E-state index in [2.05, 4.69) is 0 Å². The summed E-state index contributed by atoms with van der Waals surface area (Å²) >= 11 is 0. The topological polar surface area (TPSA) is 147 Å². The molecule has 10 nitrogen and oxygen atoms in total. The molecule has 0 saturated carbocycles. The van der Waals surface area contributed by atoms with Gasteiger partial charge in [-0.2, -0.15) is 0 Å². The predicted octanol–water partition coefficient (Wildman–Crippen LogP) is 3.63. The summed E-state index contributed by atoms with van der Waals surface area (Å²) in [7, 11) is 0. The van der Waals surface area contributed by atoms with Crippen molar-refractivity contribution in [2.75, 3.05) is 19.6 Å². The van der Waals surface area contributed by atoms with E-state index in [0.717, 1.165) is 6.07 Å². The molecular formula is C26H25N3O7. The normalized spacial score (nSPS) is 21.0. The van der Waals surface area contributed by atoms with Gasteiger partial charge < -0.3 is 10.2 Å². The van der Waals surface area contributed by atoms with E-state index >= 15 is 0 Å². The van der Waals surface area contributed by atoms with Gasteiger partial charge >= 0.3 is 0 Å². The van der Waals surface area contributed by atoms with Gasteiger partial charge in [0.15, 0.2) is 5.78 Å². The molecule has 1 fully saturated rings. The summed E-state index contributed by atoms with van der Waals surface area (Å²) in [6.45, 7) is 0.570. The Morgan fingerprint density at radius 3 is 2.28 bits per heavy atom. The number of rotatable bonds is 8. The number of β-amino-alcohol motifs (C(OH)–C–C–N with tert-alkyl or cyclic N) is 1. The van der Waals surface area contributed by atoms with Crippen molar-refractivity contribution in [3.63, 3.8) is 0 Å². The number of nitro groups is 2. The molecule has 1 aliphatic rings. The van der Waals surface area contributed by atoms with Crippen LogP contribution in [0.5, 0.6) is 0 Å². The minimum absolute atomic E-state index is 0.0462. The number of non-ortho nitro benzene ring substituents is 2. The van der Waals surface area contributed by atoms with E-state index < -0.39 is 33.3 Å². The molecular weight excluding hydrogens is 466 g/mol. The SMILES string of the molecule is O=C(c1cccc([N+](=O)[O-])c1)C1CN(CC(O)c2ccccc2)CCC1(O)c1cccc([N+](=O)[O-])c1. The van der Waals surface area contributed by atoms with Crippen LogP contribution in [0.1, 0.15) is 34.0 Å². The van der Waals surface area contributed by atoms with Gasteiger partial charge in [-0.3, -0.25) is 29.9 Å². The number of benzene rings is 3. The molecule has 2 N–H and O–H groups in total. The molecule has 1 aliphatic heterocycles. The maximum atomic E-state index is 13.7. The second-order valence-corrected chi connectivity index (χ2v) is 8.89. The Balaban J connectivity index is 1.69. The van der Waals surface area contributed by atoms with Crippen LogP contribution in [0.15, 0.2) is 78.9 Å². The fourth-order valence-corrected chi connectivity index (χ4v) is 4.70. The summed E-state index contributed by atoms with van der Waals surface area (Å²) in [5.74, 6) is -1.61. The maximum absolute atomic E-state index is 13.7. The van der Waals surface area contributed by atoms with Gasteiger partial charge in [0.1, 0.15) is 5.60 Å². The number of likely N-dealkylation sites (tertiary alicyclic amines) is 1. The van der Waals surface area contributed by atoms with Gasteiger partial charge in [0.2, 0.25) is 0 Å². The van der Waals surface area contributed by atoms with Crippen molar-refractivity contribution in [3.05, 3.63) is 116 Å². The zero-order valence-corrected chi connectivity index (χ0v) is 19.3. The third kappa shape index (κ3) is 5.15. The molecule has 186 valence electrons. The number of nitrogens with zero attached hydrogens (tertiary/aromatic N) is 3. The molecule has 3 aromatic rings. The van der Waals surface area contributed by atoms with Crippen LogP contribution in [0.3, 0.4) is 0 Å². The predicted molar refractivity (Wildman–Crippen MR) is 130 cm³/mol. The molecule has 3 aromatic carbocycles. The van der Waals surface area contributed by atoms with Crippen molar-refractivity contribution in [2.45, 2.75) is 18.1 Å². The standard InChI is InChI=1S/C26H25N3O7/c30-24(18-6-2-1-3-7-18)17-27-13-12-26(32,20-9-5-11-22(15-20)29(35)36)23(16-27)25(31)19-8-4-10-21(14-19)28(33)34/h1-11,14-15,23-24,30,32H,12-13,16-17H2. The molecule has 1 heterocycles. The highest BCUT2D eigenvalue weighted by Crippen LogP contribution is 2.41. The van der Waals surface area contributed by atoms with E-state index in [1.807, 2.05) is 23.1 Å². The van der Waals surface area contributed by atoms with Crippen LogP contribution >= 0.6 is 0 Å². The molecule has 0 aromatic heterocycles. The van der Waals surface area contributed by atoms with Crippen LogP contribution in [-0.4, -0.2) is 50.4 Å². The highest BCUT2D eigenvalue weighted by Gasteiger charge is 2.47. The Hall–Kier alpha value is -3.99. The van der Waals surface area contributed by atoms with E-state index in [0.29, 0.717) is 12.1 Å². The highest BCUT2D eigenvalue weighted by molar-refractivity contribution is 5.99. The summed E-state index contributed by atoms with van der Waals surface area (Å²) in [4.78, 5) is 36.9. The highest BCUT2D eigenvalue weighted by atomic mass is 16.6. The minimum Gasteiger partial charge on any atom is -0.387 e. The first-order valence-electron chi connectivity index (χ1n) is 11.4. The van der Waals surface area contributed by atoms with Gasteiger partial charge in [-0.15, -0.1) is 0 Å². The quantitative estimate of drug-likeness (QED) is 0.276. The summed E-state index contributed by atoms with van der Waals surface area (Å²) in [5, 5.41) is 45.1. The van der Waals surface area contributed by atoms with Crippen LogP contribution in [-0.2, 0) is 5.60 Å². The molecule has 4 rings (SSSR count). The summed E-state index contributed by atoms with van der Waals surface area (Å²) in [6.07, 6.45) is -0.759. The Morgan fingerprint density at radius 2 is 1.61 bits per heavy atom. The first-order valence-corrected chi connectivity index (χ1v) is 11.4. The third-order valence-corrected chi connectivity index (χ3v) is 6.66. The molecule has 0 bridgehead atoms. The zero-order chi connectivity index (χ0) is 25.9. The Bertz CT molecular complexity index is 1280. The van der Waals surface area contributed by atoms with Gasteiger partial charge in [0.25, 0.3) is 11.4 Å². The lowest BCUT2D eigenvalue weighted by molar-refractivity contribution is -0.385. The van der Waals surface area contributed by atoms with Crippen LogP contribution in [0.2, 0.25) is 0 Å². The van der Waals surface area contributed by atoms with Gasteiger partial charge in [0.05, 0.1) is 21.9 Å². The van der Waals surface area contributed by atoms with Crippen molar-refractivity contribution in [1.29, 1.82) is 0 Å². The third-order valence-electron chi connectivity index (χ3n) is 6.66. The van der Waals surface area contributed by atoms with E-state index in [4.69, 9.17) is 0 Å². The van der Waals surface area contributed by atoms with Crippen LogP contribution in [0.25, 0.3) is 0 Å². The Morgan fingerprint density at radius 1 is 0.972 bits per heavy atom. The van der Waals surface area contributed by atoms with Crippen LogP contribution in [0, 0.1) is 26.1 Å². The van der Waals surface area contributed by atoms with Crippen molar-refractivity contribution in [3.8, 4) is 0 Å². The molecule has 0 spiro atoms. The van der Waals surface area contributed by atoms with E-state index in [9.17, 15) is 35.2 Å². The number of piperidine rings is 1. The van der Waals surface area contributed by atoms with Gasteiger partial charge in [-0.25, -0.2) is 0 Å². The molecule has 0 radical (unpaired) electrons. The van der Waals surface area contributed by atoms with Crippen molar-refractivity contribution < 1.29 is 24.9 Å². The van der Waals surface area contributed by atoms with E-state index in [1.165, 1.54) is 42.5 Å². The first kappa shape index (κ1) is 25.1. The average Bonchev–Trinajstić information content (AvgIpc) is 2.90. The largest absolute Gasteiger partial charge is 0.387 e. The molecule has 10 heteroatoms. The number of ketones is 1. The Kier molecular flexibility index (Phi) is 7.20. The summed E-state index contributed by atoms with van der Waals surface area (Å²) in [6, 6.07) is 19.9. The van der Waals surface area contributed by atoms with Crippen LogP contribution in [0.4, 0.5) is 11.4 Å². The Labute approximate surface area is 206 Å². The minimum atomic E-state index is -1.75. The fourth-order valence-electron chi connectivity index (χ4n) is 4.70. The fraction of sp³-hybridized carbons (Fsp3) is 0.269. The smallest absolute Gasteiger partial charge is 0.270 e. The lowest BCUT2D eigenvalue weighted by Crippen LogP contribution is -2.53. The molecule has 0 aliphatic carbocycles. The van der Waals surface area contributed by atoms with Crippen molar-refractivity contribution in [1.82, 2.24) is 4.90 Å². The number of hydrogen-bond acceptors (Lipinski definition) is 8. The number of carbonyl (C=O) groups excluding carboxylic acids is 1. The van der Waals surface area contributed by atoms with E-state index in [1.54, 1.807) is 12.1 Å². The van der Waals surface area contributed by atoms with Gasteiger partial charge in [0, 0.05) is 49.5 Å². The molecule has 3 atom stereocenters. The second-order valence-electron chi connectivity index (χ2n) is 8.89. The number of nitro benzene ring substituents is 2. The zero-order valence-electron chi connectivity index (χ0n) is 19.3. The number of aliphatic hydroxyl groups is 2. The second kappa shape index (κ2) is 10.3. The summed E-state index contributed by atoms with van der Waals surface area (Å²) < 4.78 is 0. The monoisotopic (exact) mass is 491 g/mol. The molecule has 1 saturated heterocycles. The molecule has 36 heavy (non-hydrogen) atoms. The lowest BCUT2D eigenvalue weighted by Gasteiger charge is -2.44. The molecule has 0 amide bonds. The first-order chi connectivity index (χ1) is 17.2. The van der Waals surface area contributed by atoms with Crippen molar-refractivity contribution in [2.24, 2.45) is 5.92 Å². The number of hydrogen-bond donors (Lipinski definition) is 2. The molecule has 3 unspecified atom stereocenters. The number of carbonyl (C=O) groups is 1. The average molecular weight is 492 g/mol.